The highest BCUT2D eigenvalue weighted by atomic mass is 35.5. The van der Waals surface area contributed by atoms with Crippen molar-refractivity contribution in [1.29, 1.82) is 0 Å². The predicted molar refractivity (Wildman–Crippen MR) is 96.4 cm³/mol. The van der Waals surface area contributed by atoms with Gasteiger partial charge in [-0.15, -0.1) is 5.10 Å². The monoisotopic (exact) mass is 377 g/mol. The number of nitrogens with zero attached hydrogens (tertiary/aromatic N) is 1. The predicted octanol–water partition coefficient (Wildman–Crippen LogP) is 2.84. The summed E-state index contributed by atoms with van der Waals surface area (Å²) in [6.45, 7) is 0. The molecule has 0 bridgehead atoms. The number of amides is 1. The van der Waals surface area contributed by atoms with Gasteiger partial charge in [-0.05, 0) is 31.0 Å². The fourth-order valence-corrected chi connectivity index (χ4v) is 3.23. The summed E-state index contributed by atoms with van der Waals surface area (Å²) in [4.78, 5) is 23.5. The minimum atomic E-state index is -0.899. The number of rotatable bonds is 5. The second-order valence-electron chi connectivity index (χ2n) is 6.32. The van der Waals surface area contributed by atoms with E-state index < -0.39 is 12.1 Å². The smallest absolute Gasteiger partial charge is 0.264 e. The molecule has 0 radical (unpaired) electrons. The van der Waals surface area contributed by atoms with Gasteiger partial charge in [-0.25, -0.2) is 5.10 Å². The van der Waals surface area contributed by atoms with E-state index >= 15 is 0 Å². The molecule has 138 valence electrons. The zero-order chi connectivity index (χ0) is 18.5. The minimum absolute atomic E-state index is 0.0660. The van der Waals surface area contributed by atoms with E-state index in [4.69, 9.17) is 16.3 Å². The van der Waals surface area contributed by atoms with E-state index in [1.165, 1.54) is 30.7 Å². The fourth-order valence-electron chi connectivity index (χ4n) is 3.03. The number of aromatic amines is 1. The van der Waals surface area contributed by atoms with Crippen LogP contribution in [-0.4, -0.2) is 27.4 Å². The molecule has 0 saturated heterocycles. The zero-order valence-corrected chi connectivity index (χ0v) is 14.8. The molecule has 1 aliphatic rings. The van der Waals surface area contributed by atoms with Gasteiger partial charge in [0.05, 0.1) is 10.6 Å². The van der Waals surface area contributed by atoms with E-state index in [1.54, 1.807) is 6.07 Å². The van der Waals surface area contributed by atoms with E-state index in [9.17, 15) is 14.7 Å². The summed E-state index contributed by atoms with van der Waals surface area (Å²) < 4.78 is 5.52. The summed E-state index contributed by atoms with van der Waals surface area (Å²) in [5.41, 5.74) is -0.145. The lowest BCUT2D eigenvalue weighted by atomic mass is 9.88. The van der Waals surface area contributed by atoms with Gasteiger partial charge in [0.25, 0.3) is 11.5 Å². The molecule has 0 spiro atoms. The molecule has 3 rings (SSSR count). The second kappa shape index (κ2) is 8.33. The Labute approximate surface area is 155 Å². The van der Waals surface area contributed by atoms with Gasteiger partial charge in [0.2, 0.25) is 5.88 Å². The van der Waals surface area contributed by atoms with Crippen LogP contribution in [0.5, 0.6) is 11.6 Å². The van der Waals surface area contributed by atoms with Crippen molar-refractivity contribution in [3.63, 3.8) is 0 Å². The fraction of sp³-hybridized carbons (Fsp3) is 0.389. The van der Waals surface area contributed by atoms with Crippen molar-refractivity contribution in [1.82, 2.24) is 15.5 Å². The summed E-state index contributed by atoms with van der Waals surface area (Å²) in [7, 11) is 0. The molecule has 0 aliphatic heterocycles. The summed E-state index contributed by atoms with van der Waals surface area (Å²) in [6.07, 6.45) is 4.19. The number of aliphatic hydroxyl groups excluding tert-OH is 1. The average molecular weight is 378 g/mol. The van der Waals surface area contributed by atoms with Crippen molar-refractivity contribution >= 4 is 17.5 Å². The van der Waals surface area contributed by atoms with Gasteiger partial charge in [-0.3, -0.25) is 9.59 Å². The standard InChI is InChI=1S/C18H20ClN3O4/c19-14-7-6-12(26-16-9-8-15(23)21-22-16)10-13(14)18(25)20-17(24)11-4-2-1-3-5-11/h6-11,17,24H,1-5H2,(H,20,25)(H,21,23). The van der Waals surface area contributed by atoms with E-state index in [2.05, 4.69) is 15.5 Å². The largest absolute Gasteiger partial charge is 0.438 e. The summed E-state index contributed by atoms with van der Waals surface area (Å²) in [5, 5.41) is 19.2. The molecule has 1 amide bonds. The first-order chi connectivity index (χ1) is 12.5. The van der Waals surface area contributed by atoms with Crippen LogP contribution in [0.4, 0.5) is 0 Å². The first-order valence-corrected chi connectivity index (χ1v) is 8.93. The average Bonchev–Trinajstić information content (AvgIpc) is 2.65. The van der Waals surface area contributed by atoms with Crippen molar-refractivity contribution in [3.8, 4) is 11.6 Å². The Balaban J connectivity index is 1.70. The third-order valence-corrected chi connectivity index (χ3v) is 4.76. The lowest BCUT2D eigenvalue weighted by molar-refractivity contribution is 0.0463. The molecule has 3 N–H and O–H groups in total. The highest BCUT2D eigenvalue weighted by molar-refractivity contribution is 6.33. The minimum Gasteiger partial charge on any atom is -0.438 e. The molecule has 7 nitrogen and oxygen atoms in total. The molecule has 1 heterocycles. The number of aromatic nitrogens is 2. The summed E-state index contributed by atoms with van der Waals surface area (Å²) in [5.74, 6) is 0.121. The van der Waals surface area contributed by atoms with Crippen LogP contribution in [0.1, 0.15) is 42.5 Å². The van der Waals surface area contributed by atoms with Crippen LogP contribution in [0, 0.1) is 5.92 Å². The van der Waals surface area contributed by atoms with Gasteiger partial charge >= 0.3 is 0 Å². The molecule has 26 heavy (non-hydrogen) atoms. The molecule has 1 aliphatic carbocycles. The van der Waals surface area contributed by atoms with Crippen LogP contribution in [0.2, 0.25) is 5.02 Å². The van der Waals surface area contributed by atoms with E-state index in [1.807, 2.05) is 0 Å². The number of carbonyl (C=O) groups is 1. The lowest BCUT2D eigenvalue weighted by Crippen LogP contribution is -2.41. The van der Waals surface area contributed by atoms with Gasteiger partial charge < -0.3 is 15.2 Å². The summed E-state index contributed by atoms with van der Waals surface area (Å²) in [6, 6.07) is 7.29. The van der Waals surface area contributed by atoms with Gasteiger partial charge in [0, 0.05) is 18.1 Å². The Kier molecular flexibility index (Phi) is 5.90. The molecule has 1 aromatic carbocycles. The molecular formula is C18H20ClN3O4. The molecule has 1 unspecified atom stereocenters. The molecule has 2 aromatic rings. The number of H-pyrrole nitrogens is 1. The molecule has 8 heteroatoms. The first kappa shape index (κ1) is 18.4. The first-order valence-electron chi connectivity index (χ1n) is 8.55. The number of benzene rings is 1. The highest BCUT2D eigenvalue weighted by Gasteiger charge is 2.24. The van der Waals surface area contributed by atoms with Crippen LogP contribution in [0.25, 0.3) is 0 Å². The van der Waals surface area contributed by atoms with Crippen LogP contribution in [-0.2, 0) is 0 Å². The number of ether oxygens (including phenoxy) is 1. The Hall–Kier alpha value is -2.38. The number of hydrogen-bond acceptors (Lipinski definition) is 5. The van der Waals surface area contributed by atoms with Crippen molar-refractivity contribution in [2.45, 2.75) is 38.3 Å². The van der Waals surface area contributed by atoms with Gasteiger partial charge in [0.1, 0.15) is 12.0 Å². The van der Waals surface area contributed by atoms with E-state index in [-0.39, 0.29) is 27.9 Å². The van der Waals surface area contributed by atoms with Crippen molar-refractivity contribution in [2.75, 3.05) is 0 Å². The summed E-state index contributed by atoms with van der Waals surface area (Å²) >= 11 is 6.12. The Morgan fingerprint density at radius 2 is 2.04 bits per heavy atom. The molecular weight excluding hydrogens is 358 g/mol. The van der Waals surface area contributed by atoms with Crippen molar-refractivity contribution in [2.24, 2.45) is 5.92 Å². The van der Waals surface area contributed by atoms with Crippen LogP contribution in [0.3, 0.4) is 0 Å². The van der Waals surface area contributed by atoms with Crippen LogP contribution in [0.15, 0.2) is 35.1 Å². The van der Waals surface area contributed by atoms with Gasteiger partial charge in [0.15, 0.2) is 0 Å². The maximum absolute atomic E-state index is 12.5. The number of aliphatic hydroxyl groups is 1. The second-order valence-corrected chi connectivity index (χ2v) is 6.73. The topological polar surface area (TPSA) is 104 Å². The maximum Gasteiger partial charge on any atom is 0.264 e. The van der Waals surface area contributed by atoms with Crippen LogP contribution < -0.4 is 15.6 Å². The molecule has 1 saturated carbocycles. The Morgan fingerprint density at radius 3 is 2.73 bits per heavy atom. The lowest BCUT2D eigenvalue weighted by Gasteiger charge is -2.27. The Morgan fingerprint density at radius 1 is 1.27 bits per heavy atom. The third kappa shape index (κ3) is 4.62. The van der Waals surface area contributed by atoms with E-state index in [0.29, 0.717) is 5.75 Å². The molecule has 1 atom stereocenters. The van der Waals surface area contributed by atoms with Crippen LogP contribution >= 0.6 is 11.6 Å². The van der Waals surface area contributed by atoms with Gasteiger partial charge in [-0.1, -0.05) is 30.9 Å². The van der Waals surface area contributed by atoms with Crippen molar-refractivity contribution in [3.05, 3.63) is 51.3 Å². The van der Waals surface area contributed by atoms with Crippen molar-refractivity contribution < 1.29 is 14.6 Å². The SMILES string of the molecule is O=C(NC(O)C1CCCCC1)c1cc(Oc2ccc(=O)[nH]n2)ccc1Cl. The highest BCUT2D eigenvalue weighted by Crippen LogP contribution is 2.27. The normalized spacial score (nSPS) is 16.1. The molecule has 1 aromatic heterocycles. The quantitative estimate of drug-likeness (QED) is 0.695. The number of hydrogen-bond donors (Lipinski definition) is 3. The number of halogens is 1. The van der Waals surface area contributed by atoms with Gasteiger partial charge in [-0.2, -0.15) is 0 Å². The van der Waals surface area contributed by atoms with E-state index in [0.717, 1.165) is 25.7 Å². The third-order valence-electron chi connectivity index (χ3n) is 4.43. The number of nitrogens with one attached hydrogen (secondary N) is 2. The number of carbonyl (C=O) groups excluding carboxylic acids is 1. The maximum atomic E-state index is 12.5. The Bertz CT molecular complexity index is 813. The zero-order valence-electron chi connectivity index (χ0n) is 14.1. The molecule has 1 fully saturated rings.